The van der Waals surface area contributed by atoms with E-state index in [9.17, 15) is 10.1 Å². The van der Waals surface area contributed by atoms with Gasteiger partial charge in [0.25, 0.3) is 5.09 Å². The number of hydrogen-bond acceptors (Lipinski definition) is 3. The van der Waals surface area contributed by atoms with E-state index in [0.717, 1.165) is 4.48 Å². The zero-order valence-electron chi connectivity index (χ0n) is 7.48. The second-order valence-corrected chi connectivity index (χ2v) is 6.77. The molecule has 0 spiro atoms. The van der Waals surface area contributed by atoms with Crippen molar-refractivity contribution in [1.29, 1.82) is 0 Å². The van der Waals surface area contributed by atoms with Gasteiger partial charge in [0.1, 0.15) is 6.10 Å². The van der Waals surface area contributed by atoms with Crippen molar-refractivity contribution in [1.82, 2.24) is 0 Å². The highest BCUT2D eigenvalue weighted by Crippen LogP contribution is 2.52. The molecule has 1 saturated carbocycles. The number of alkyl halides is 2. The average molecular weight is 406 g/mol. The molecule has 0 amide bonds. The lowest BCUT2D eigenvalue weighted by molar-refractivity contribution is -0.766. The lowest BCUT2D eigenvalue weighted by atomic mass is 9.74. The molecule has 0 aromatic heterocycles. The summed E-state index contributed by atoms with van der Waals surface area (Å²) in [5.41, 5.74) is 0. The first kappa shape index (κ1) is 11.9. The summed E-state index contributed by atoms with van der Waals surface area (Å²) in [6.45, 7) is 0. The summed E-state index contributed by atoms with van der Waals surface area (Å²) < 4.78 is 0.776. The van der Waals surface area contributed by atoms with Crippen LogP contribution in [0.15, 0.2) is 10.6 Å². The summed E-state index contributed by atoms with van der Waals surface area (Å²) in [7, 11) is 0. The normalized spacial score (nSPS) is 43.7. The molecular formula is C8H8Br3NO3. The van der Waals surface area contributed by atoms with E-state index in [1.54, 1.807) is 0 Å². The second-order valence-electron chi connectivity index (χ2n) is 3.73. The number of allylic oxidation sites excluding steroid dienone is 1. The van der Waals surface area contributed by atoms with Crippen molar-refractivity contribution in [2.24, 2.45) is 11.8 Å². The van der Waals surface area contributed by atoms with E-state index in [4.69, 9.17) is 0 Å². The smallest absolute Gasteiger partial charge is 0.295 e. The highest BCUT2D eigenvalue weighted by Gasteiger charge is 2.50. The van der Waals surface area contributed by atoms with Crippen LogP contribution in [0.25, 0.3) is 0 Å². The first-order valence-corrected chi connectivity index (χ1v) is 7.09. The van der Waals surface area contributed by atoms with E-state index < -0.39 is 11.2 Å². The minimum atomic E-state index is -0.727. The van der Waals surface area contributed by atoms with Crippen molar-refractivity contribution in [3.8, 4) is 0 Å². The molecule has 0 aromatic rings. The summed E-state index contributed by atoms with van der Waals surface area (Å²) >= 11 is 10.5. The zero-order valence-corrected chi connectivity index (χ0v) is 12.2. The van der Waals surface area contributed by atoms with Crippen LogP contribution in [0, 0.1) is 22.0 Å². The maximum absolute atomic E-state index is 10.3. The van der Waals surface area contributed by atoms with Crippen molar-refractivity contribution in [3.63, 3.8) is 0 Å². The van der Waals surface area contributed by atoms with Gasteiger partial charge in [-0.05, 0) is 12.3 Å². The van der Waals surface area contributed by atoms with Gasteiger partial charge in [0.05, 0.1) is 0 Å². The Balaban J connectivity index is 2.15. The molecule has 7 heteroatoms. The molecule has 5 atom stereocenters. The maximum Gasteiger partial charge on any atom is 0.295 e. The first-order valence-electron chi connectivity index (χ1n) is 4.47. The van der Waals surface area contributed by atoms with Gasteiger partial charge in [-0.3, -0.25) is 0 Å². The van der Waals surface area contributed by atoms with E-state index in [1.165, 1.54) is 0 Å². The third kappa shape index (κ3) is 2.10. The summed E-state index contributed by atoms with van der Waals surface area (Å²) in [5.74, 6) is 0.760. The van der Waals surface area contributed by atoms with E-state index in [1.807, 2.05) is 6.08 Å². The van der Waals surface area contributed by atoms with Crippen LogP contribution in [0.3, 0.4) is 0 Å². The van der Waals surface area contributed by atoms with Crippen molar-refractivity contribution in [2.45, 2.75) is 22.2 Å². The van der Waals surface area contributed by atoms with Crippen LogP contribution in [0.2, 0.25) is 0 Å². The second kappa shape index (κ2) is 4.33. The van der Waals surface area contributed by atoms with Gasteiger partial charge in [-0.25, -0.2) is 0 Å². The highest BCUT2D eigenvalue weighted by atomic mass is 79.9. The molecule has 1 fully saturated rings. The Kier molecular flexibility index (Phi) is 3.42. The molecule has 4 nitrogen and oxygen atoms in total. The Morgan fingerprint density at radius 2 is 2.07 bits per heavy atom. The number of nitrogens with zero attached hydrogens (tertiary/aromatic N) is 1. The van der Waals surface area contributed by atoms with Crippen molar-refractivity contribution in [3.05, 3.63) is 20.7 Å². The lowest BCUT2D eigenvalue weighted by Gasteiger charge is -2.44. The van der Waals surface area contributed by atoms with Crippen LogP contribution in [-0.2, 0) is 4.84 Å². The van der Waals surface area contributed by atoms with Crippen molar-refractivity contribution in [2.75, 3.05) is 0 Å². The van der Waals surface area contributed by atoms with Crippen LogP contribution in [0.1, 0.15) is 6.42 Å². The number of hydrogen-bond donors (Lipinski definition) is 0. The molecule has 0 aromatic carbocycles. The minimum Gasteiger partial charge on any atom is -0.305 e. The number of fused-ring (bicyclic) bond motifs is 2. The molecular weight excluding hydrogens is 398 g/mol. The van der Waals surface area contributed by atoms with Gasteiger partial charge in [0, 0.05) is 20.1 Å². The van der Waals surface area contributed by atoms with Gasteiger partial charge in [-0.1, -0.05) is 53.9 Å². The summed E-state index contributed by atoms with van der Waals surface area (Å²) in [6, 6.07) is 0. The topological polar surface area (TPSA) is 52.4 Å². The third-order valence-electron chi connectivity index (χ3n) is 2.91. The number of rotatable bonds is 2. The predicted molar refractivity (Wildman–Crippen MR) is 65.9 cm³/mol. The lowest BCUT2D eigenvalue weighted by Crippen LogP contribution is -2.47. The predicted octanol–water partition coefficient (Wildman–Crippen LogP) is 3.02. The van der Waals surface area contributed by atoms with Gasteiger partial charge in [-0.15, -0.1) is 10.1 Å². The Bertz CT molecular complexity index is 312. The molecule has 0 saturated heterocycles. The first-order chi connectivity index (χ1) is 7.00. The fourth-order valence-electron chi connectivity index (χ4n) is 2.07. The van der Waals surface area contributed by atoms with E-state index in [0.29, 0.717) is 27.9 Å². The van der Waals surface area contributed by atoms with Crippen LogP contribution in [0.4, 0.5) is 0 Å². The Hall–Kier alpha value is 0.380. The molecule has 15 heavy (non-hydrogen) atoms. The van der Waals surface area contributed by atoms with Gasteiger partial charge < -0.3 is 4.84 Å². The molecule has 3 aliphatic carbocycles. The standard InChI is InChI=1S/C8H8Br3NO3/c9-5-1-3-7(10)4(8(3)11)2-6(5)15-12(13)14/h1,3-4,6-8H,2H2/t3?,4?,6-,7-,8+/m0/s1. The monoisotopic (exact) mass is 403 g/mol. The SMILES string of the molecule is O=[N+]([O-])O[C@H]1CC2[C@H](Br)C(C=C1Br)[C@@H]2Br. The van der Waals surface area contributed by atoms with Crippen LogP contribution in [-0.4, -0.2) is 20.8 Å². The molecule has 0 heterocycles. The van der Waals surface area contributed by atoms with E-state index in [-0.39, 0.29) is 0 Å². The molecule has 0 aliphatic heterocycles. The Morgan fingerprint density at radius 3 is 2.60 bits per heavy atom. The Morgan fingerprint density at radius 1 is 1.47 bits per heavy atom. The summed E-state index contributed by atoms with van der Waals surface area (Å²) in [6.07, 6.45) is 2.19. The quantitative estimate of drug-likeness (QED) is 0.403. The molecule has 0 radical (unpaired) electrons. The number of halogens is 3. The van der Waals surface area contributed by atoms with E-state index in [2.05, 4.69) is 52.6 Å². The molecule has 0 N–H and O–H groups in total. The largest absolute Gasteiger partial charge is 0.305 e. The van der Waals surface area contributed by atoms with Crippen LogP contribution >= 0.6 is 47.8 Å². The fraction of sp³-hybridized carbons (Fsp3) is 0.750. The Labute approximate surface area is 112 Å². The van der Waals surface area contributed by atoms with Gasteiger partial charge in [-0.2, -0.15) is 0 Å². The van der Waals surface area contributed by atoms with Crippen molar-refractivity contribution < 1.29 is 9.92 Å². The highest BCUT2D eigenvalue weighted by molar-refractivity contribution is 9.12. The molecule has 3 aliphatic rings. The molecule has 3 rings (SSSR count). The van der Waals surface area contributed by atoms with E-state index >= 15 is 0 Å². The summed E-state index contributed by atoms with van der Waals surface area (Å²) in [4.78, 5) is 15.7. The maximum atomic E-state index is 10.3. The minimum absolute atomic E-state index is 0.379. The van der Waals surface area contributed by atoms with Crippen LogP contribution in [0.5, 0.6) is 0 Å². The van der Waals surface area contributed by atoms with Gasteiger partial charge >= 0.3 is 0 Å². The molecule has 2 unspecified atom stereocenters. The summed E-state index contributed by atoms with van der Waals surface area (Å²) in [5, 5.41) is 9.59. The van der Waals surface area contributed by atoms with Gasteiger partial charge in [0.15, 0.2) is 0 Å². The van der Waals surface area contributed by atoms with Crippen LogP contribution < -0.4 is 0 Å². The average Bonchev–Trinajstić information content (AvgIpc) is 2.36. The van der Waals surface area contributed by atoms with Crippen molar-refractivity contribution >= 4 is 47.8 Å². The molecule has 84 valence electrons. The zero-order chi connectivity index (χ0) is 11.2. The molecule has 2 bridgehead atoms. The van der Waals surface area contributed by atoms with Gasteiger partial charge in [0.2, 0.25) is 0 Å². The third-order valence-corrected chi connectivity index (χ3v) is 6.27. The fourth-order valence-corrected chi connectivity index (χ4v) is 5.52.